The van der Waals surface area contributed by atoms with Crippen LogP contribution in [0.4, 0.5) is 23.2 Å². The summed E-state index contributed by atoms with van der Waals surface area (Å²) in [5.41, 5.74) is 0.828. The monoisotopic (exact) mass is 432 g/mol. The molecule has 0 spiro atoms. The Hall–Kier alpha value is -3.42. The van der Waals surface area contributed by atoms with E-state index < -0.39 is 17.6 Å². The first-order valence-electron chi connectivity index (χ1n) is 9.47. The number of carbonyl (C=O) groups excluding carboxylic acids is 1. The van der Waals surface area contributed by atoms with Crippen LogP contribution in [-0.4, -0.2) is 24.5 Å². The van der Waals surface area contributed by atoms with Crippen molar-refractivity contribution < 1.29 is 27.1 Å². The smallest absolute Gasteiger partial charge is 0.417 e. The van der Waals surface area contributed by atoms with Crippen LogP contribution >= 0.6 is 0 Å². The molecule has 0 N–H and O–H groups in total. The molecule has 3 rings (SSSR count). The van der Waals surface area contributed by atoms with Crippen molar-refractivity contribution in [2.45, 2.75) is 19.0 Å². The molecule has 0 aliphatic rings. The highest BCUT2D eigenvalue weighted by molar-refractivity contribution is 5.95. The molecule has 1 amide bonds. The molecule has 162 valence electrons. The van der Waals surface area contributed by atoms with Crippen LogP contribution in [0.1, 0.15) is 16.8 Å². The third-order valence-electron chi connectivity index (χ3n) is 4.68. The van der Waals surface area contributed by atoms with Crippen molar-refractivity contribution >= 4 is 11.6 Å². The zero-order valence-corrected chi connectivity index (χ0v) is 16.7. The van der Waals surface area contributed by atoms with Gasteiger partial charge in [-0.2, -0.15) is 13.2 Å². The van der Waals surface area contributed by atoms with Gasteiger partial charge in [0.25, 0.3) is 0 Å². The van der Waals surface area contributed by atoms with E-state index in [1.807, 2.05) is 0 Å². The van der Waals surface area contributed by atoms with Gasteiger partial charge < -0.3 is 9.64 Å². The zero-order chi connectivity index (χ0) is 22.4. The second-order valence-electron chi connectivity index (χ2n) is 6.84. The summed E-state index contributed by atoms with van der Waals surface area (Å²) in [7, 11) is 1.51. The third-order valence-corrected chi connectivity index (χ3v) is 4.68. The Morgan fingerprint density at radius 1 is 1.06 bits per heavy atom. The summed E-state index contributed by atoms with van der Waals surface area (Å²) in [6, 6.07) is 14.8. The van der Waals surface area contributed by atoms with Crippen molar-refractivity contribution in [1.29, 1.82) is 0 Å². The first kappa shape index (κ1) is 22.3. The number of hydrogen-bond donors (Lipinski definition) is 0. The molecule has 0 aliphatic heterocycles. The lowest BCUT2D eigenvalue weighted by molar-refractivity contribution is -0.137. The van der Waals surface area contributed by atoms with E-state index in [-0.39, 0.29) is 25.3 Å². The number of aromatic nitrogens is 1. The quantitative estimate of drug-likeness (QED) is 0.490. The van der Waals surface area contributed by atoms with Crippen LogP contribution in [0.15, 0.2) is 66.9 Å². The number of nitrogens with zero attached hydrogens (tertiary/aromatic N) is 2. The average molecular weight is 432 g/mol. The van der Waals surface area contributed by atoms with Gasteiger partial charge in [-0.15, -0.1) is 0 Å². The Labute approximate surface area is 177 Å². The minimum Gasteiger partial charge on any atom is -0.497 e. The molecule has 0 unspecified atom stereocenters. The molecule has 0 saturated carbocycles. The Morgan fingerprint density at radius 2 is 1.81 bits per heavy atom. The van der Waals surface area contributed by atoms with Crippen LogP contribution < -0.4 is 9.64 Å². The largest absolute Gasteiger partial charge is 0.497 e. The molecule has 0 bridgehead atoms. The number of methoxy groups -OCH3 is 1. The second kappa shape index (κ2) is 9.59. The molecule has 4 nitrogen and oxygen atoms in total. The van der Waals surface area contributed by atoms with Crippen molar-refractivity contribution in [2.24, 2.45) is 0 Å². The summed E-state index contributed by atoms with van der Waals surface area (Å²) in [4.78, 5) is 18.4. The van der Waals surface area contributed by atoms with Gasteiger partial charge >= 0.3 is 6.18 Å². The summed E-state index contributed by atoms with van der Waals surface area (Å²) in [5, 5.41) is 0. The maximum Gasteiger partial charge on any atom is 0.417 e. The Kier molecular flexibility index (Phi) is 6.89. The van der Waals surface area contributed by atoms with E-state index in [2.05, 4.69) is 4.98 Å². The number of alkyl halides is 3. The van der Waals surface area contributed by atoms with Crippen LogP contribution in [-0.2, 0) is 23.8 Å². The number of rotatable bonds is 7. The number of amides is 1. The number of anilines is 1. The fraction of sp³-hybridized carbons (Fsp3) is 0.217. The molecule has 0 atom stereocenters. The van der Waals surface area contributed by atoms with Gasteiger partial charge in [0.2, 0.25) is 5.91 Å². The lowest BCUT2D eigenvalue weighted by Gasteiger charge is -2.23. The van der Waals surface area contributed by atoms with E-state index in [0.717, 1.165) is 12.3 Å². The van der Waals surface area contributed by atoms with Gasteiger partial charge in [-0.05, 0) is 42.0 Å². The number of benzene rings is 2. The molecule has 0 fully saturated rings. The fourth-order valence-corrected chi connectivity index (χ4v) is 3.01. The van der Waals surface area contributed by atoms with Gasteiger partial charge in [-0.3, -0.25) is 9.78 Å². The predicted molar refractivity (Wildman–Crippen MR) is 108 cm³/mol. The Bertz CT molecular complexity index is 1020. The Balaban J connectivity index is 1.79. The standard InChI is InChI=1S/C23H20F4N2O2/c1-31-21-4-2-3-20(14-21)29(22(30)13-16-5-8-18(24)9-6-16)12-11-19-10-7-17(15-28-19)23(25,26)27/h2-10,14-15H,11-13H2,1H3. The van der Waals surface area contributed by atoms with Gasteiger partial charge in [-0.1, -0.05) is 18.2 Å². The minimum absolute atomic E-state index is 0.0396. The van der Waals surface area contributed by atoms with Gasteiger partial charge in [0, 0.05) is 36.6 Å². The second-order valence-corrected chi connectivity index (χ2v) is 6.84. The van der Waals surface area contributed by atoms with Crippen molar-refractivity contribution in [2.75, 3.05) is 18.6 Å². The normalized spacial score (nSPS) is 11.3. The van der Waals surface area contributed by atoms with E-state index in [1.165, 1.54) is 42.3 Å². The molecule has 1 aromatic heterocycles. The molecule has 3 aromatic rings. The predicted octanol–water partition coefficient (Wildman–Crippen LogP) is 5.07. The lowest BCUT2D eigenvalue weighted by Crippen LogP contribution is -2.34. The molecular weight excluding hydrogens is 412 g/mol. The van der Waals surface area contributed by atoms with Crippen molar-refractivity contribution in [3.8, 4) is 5.75 Å². The van der Waals surface area contributed by atoms with Crippen molar-refractivity contribution in [3.05, 3.63) is 89.5 Å². The number of hydrogen-bond acceptors (Lipinski definition) is 3. The zero-order valence-electron chi connectivity index (χ0n) is 16.7. The van der Waals surface area contributed by atoms with Gasteiger partial charge in [0.15, 0.2) is 0 Å². The molecule has 2 aromatic carbocycles. The summed E-state index contributed by atoms with van der Waals surface area (Å²) in [6.07, 6.45) is -3.38. The molecule has 1 heterocycles. The molecule has 0 aliphatic carbocycles. The maximum atomic E-state index is 13.2. The highest BCUT2D eigenvalue weighted by Crippen LogP contribution is 2.28. The SMILES string of the molecule is COc1cccc(N(CCc2ccc(C(F)(F)F)cn2)C(=O)Cc2ccc(F)cc2)c1. The third kappa shape index (κ3) is 6.04. The van der Waals surface area contributed by atoms with E-state index >= 15 is 0 Å². The van der Waals surface area contributed by atoms with E-state index in [9.17, 15) is 22.4 Å². The first-order chi connectivity index (χ1) is 14.8. The molecule has 0 radical (unpaired) electrons. The molecule has 0 saturated heterocycles. The van der Waals surface area contributed by atoms with Crippen LogP contribution in [0.25, 0.3) is 0 Å². The molecule has 8 heteroatoms. The number of pyridine rings is 1. The van der Waals surface area contributed by atoms with Gasteiger partial charge in [-0.25, -0.2) is 4.39 Å². The topological polar surface area (TPSA) is 42.4 Å². The maximum absolute atomic E-state index is 13.2. The van der Waals surface area contributed by atoms with Crippen molar-refractivity contribution in [3.63, 3.8) is 0 Å². The van der Waals surface area contributed by atoms with Crippen LogP contribution in [0, 0.1) is 5.82 Å². The highest BCUT2D eigenvalue weighted by atomic mass is 19.4. The number of carbonyl (C=O) groups is 1. The van der Waals surface area contributed by atoms with Crippen molar-refractivity contribution in [1.82, 2.24) is 4.98 Å². The van der Waals surface area contributed by atoms with Crippen LogP contribution in [0.2, 0.25) is 0 Å². The number of ether oxygens (including phenoxy) is 1. The summed E-state index contributed by atoms with van der Waals surface area (Å²) in [5.74, 6) is -0.0780. The fourth-order valence-electron chi connectivity index (χ4n) is 3.01. The minimum atomic E-state index is -4.46. The van der Waals surface area contributed by atoms with Crippen LogP contribution in [0.3, 0.4) is 0 Å². The van der Waals surface area contributed by atoms with E-state index in [4.69, 9.17) is 4.74 Å². The summed E-state index contributed by atoms with van der Waals surface area (Å²) < 4.78 is 56.6. The molecular formula is C23H20F4N2O2. The van der Waals surface area contributed by atoms with E-state index in [1.54, 1.807) is 24.3 Å². The van der Waals surface area contributed by atoms with E-state index in [0.29, 0.717) is 22.7 Å². The average Bonchev–Trinajstić information content (AvgIpc) is 2.75. The Morgan fingerprint density at radius 3 is 2.42 bits per heavy atom. The molecule has 31 heavy (non-hydrogen) atoms. The lowest BCUT2D eigenvalue weighted by atomic mass is 10.1. The number of halogens is 4. The summed E-state index contributed by atoms with van der Waals surface area (Å²) >= 11 is 0. The van der Waals surface area contributed by atoms with Crippen LogP contribution in [0.5, 0.6) is 5.75 Å². The van der Waals surface area contributed by atoms with Gasteiger partial charge in [0.05, 0.1) is 19.1 Å². The van der Waals surface area contributed by atoms with Gasteiger partial charge in [0.1, 0.15) is 11.6 Å². The first-order valence-corrected chi connectivity index (χ1v) is 9.47. The summed E-state index contributed by atoms with van der Waals surface area (Å²) in [6.45, 7) is 0.200. The highest BCUT2D eigenvalue weighted by Gasteiger charge is 2.30.